The van der Waals surface area contributed by atoms with E-state index in [2.05, 4.69) is 10.6 Å². The van der Waals surface area contributed by atoms with Crippen molar-refractivity contribution < 1.29 is 14.5 Å². The SMILES string of the molecule is CC(=O)Nc1ccc(Cl)c(NC(=O)c2cccc([N+](=O)[O-])c2C)c1. The Morgan fingerprint density at radius 2 is 1.88 bits per heavy atom. The van der Waals surface area contributed by atoms with E-state index in [1.165, 1.54) is 44.2 Å². The van der Waals surface area contributed by atoms with Crippen LogP contribution in [0.3, 0.4) is 0 Å². The van der Waals surface area contributed by atoms with E-state index in [4.69, 9.17) is 11.6 Å². The molecule has 0 atom stereocenters. The van der Waals surface area contributed by atoms with Crippen LogP contribution < -0.4 is 10.6 Å². The topological polar surface area (TPSA) is 101 Å². The van der Waals surface area contributed by atoms with Gasteiger partial charge in [0, 0.05) is 29.8 Å². The molecule has 24 heavy (non-hydrogen) atoms. The van der Waals surface area contributed by atoms with Gasteiger partial charge in [-0.2, -0.15) is 0 Å². The van der Waals surface area contributed by atoms with Gasteiger partial charge in [-0.3, -0.25) is 19.7 Å². The second-order valence-electron chi connectivity index (χ2n) is 5.04. The number of amides is 2. The van der Waals surface area contributed by atoms with Crippen LogP contribution in [0.1, 0.15) is 22.8 Å². The first-order chi connectivity index (χ1) is 11.3. The largest absolute Gasteiger partial charge is 0.326 e. The summed E-state index contributed by atoms with van der Waals surface area (Å²) in [5.74, 6) is -0.790. The third kappa shape index (κ3) is 3.88. The van der Waals surface area contributed by atoms with E-state index in [0.29, 0.717) is 11.4 Å². The first kappa shape index (κ1) is 17.4. The first-order valence-electron chi connectivity index (χ1n) is 6.92. The number of rotatable bonds is 4. The van der Waals surface area contributed by atoms with Crippen molar-refractivity contribution in [2.45, 2.75) is 13.8 Å². The van der Waals surface area contributed by atoms with Gasteiger partial charge in [-0.25, -0.2) is 0 Å². The van der Waals surface area contributed by atoms with Crippen LogP contribution in [-0.2, 0) is 4.79 Å². The summed E-state index contributed by atoms with van der Waals surface area (Å²) >= 11 is 6.05. The second-order valence-corrected chi connectivity index (χ2v) is 5.44. The Hall–Kier alpha value is -2.93. The van der Waals surface area contributed by atoms with Crippen molar-refractivity contribution in [2.75, 3.05) is 10.6 Å². The van der Waals surface area contributed by atoms with Crippen molar-refractivity contribution in [3.63, 3.8) is 0 Å². The van der Waals surface area contributed by atoms with Crippen LogP contribution in [0.2, 0.25) is 5.02 Å². The molecule has 2 aromatic carbocycles. The molecule has 2 rings (SSSR count). The third-order valence-electron chi connectivity index (χ3n) is 3.28. The van der Waals surface area contributed by atoms with E-state index < -0.39 is 10.8 Å². The zero-order chi connectivity index (χ0) is 17.9. The van der Waals surface area contributed by atoms with Crippen LogP contribution >= 0.6 is 11.6 Å². The van der Waals surface area contributed by atoms with Gasteiger partial charge >= 0.3 is 0 Å². The predicted octanol–water partition coefficient (Wildman–Crippen LogP) is 3.77. The molecule has 2 N–H and O–H groups in total. The van der Waals surface area contributed by atoms with Gasteiger partial charge in [-0.15, -0.1) is 0 Å². The quantitative estimate of drug-likeness (QED) is 0.649. The van der Waals surface area contributed by atoms with Crippen molar-refractivity contribution in [3.8, 4) is 0 Å². The summed E-state index contributed by atoms with van der Waals surface area (Å²) in [5.41, 5.74) is 1.05. The molecule has 0 spiro atoms. The van der Waals surface area contributed by atoms with Gasteiger partial charge in [0.25, 0.3) is 11.6 Å². The lowest BCUT2D eigenvalue weighted by molar-refractivity contribution is -0.385. The lowest BCUT2D eigenvalue weighted by atomic mass is 10.1. The molecule has 0 aliphatic heterocycles. The first-order valence-corrected chi connectivity index (χ1v) is 7.30. The lowest BCUT2D eigenvalue weighted by Gasteiger charge is -2.11. The summed E-state index contributed by atoms with van der Waals surface area (Å²) in [7, 11) is 0. The van der Waals surface area contributed by atoms with E-state index in [1.807, 2.05) is 0 Å². The zero-order valence-electron chi connectivity index (χ0n) is 12.9. The molecule has 0 fully saturated rings. The number of carbonyl (C=O) groups excluding carboxylic acids is 2. The maximum absolute atomic E-state index is 12.4. The number of carbonyl (C=O) groups is 2. The number of halogens is 1. The summed E-state index contributed by atoms with van der Waals surface area (Å²) in [4.78, 5) is 33.9. The fourth-order valence-corrected chi connectivity index (χ4v) is 2.32. The molecule has 0 unspecified atom stereocenters. The predicted molar refractivity (Wildman–Crippen MR) is 91.5 cm³/mol. The molecule has 0 heterocycles. The standard InChI is InChI=1S/C16H14ClN3O4/c1-9-12(4-3-5-15(9)20(23)24)16(22)19-14-8-11(18-10(2)21)6-7-13(14)17/h3-8H,1-2H3,(H,18,21)(H,19,22). The molecule has 0 aromatic heterocycles. The third-order valence-corrected chi connectivity index (χ3v) is 3.61. The molecule has 124 valence electrons. The molecule has 0 saturated heterocycles. The maximum Gasteiger partial charge on any atom is 0.273 e. The van der Waals surface area contributed by atoms with E-state index in [1.54, 1.807) is 6.07 Å². The number of anilines is 2. The molecule has 0 bridgehead atoms. The average molecular weight is 348 g/mol. The van der Waals surface area contributed by atoms with Crippen LogP contribution in [0, 0.1) is 17.0 Å². The molecule has 0 aliphatic rings. The lowest BCUT2D eigenvalue weighted by Crippen LogP contribution is -2.15. The van der Waals surface area contributed by atoms with E-state index in [9.17, 15) is 19.7 Å². The number of nitrogens with zero attached hydrogens (tertiary/aromatic N) is 1. The molecule has 7 nitrogen and oxygen atoms in total. The summed E-state index contributed by atoms with van der Waals surface area (Å²) in [6, 6.07) is 8.89. The summed E-state index contributed by atoms with van der Waals surface area (Å²) in [6.07, 6.45) is 0. The molecule has 0 aliphatic carbocycles. The minimum atomic E-state index is -0.545. The maximum atomic E-state index is 12.4. The Balaban J connectivity index is 2.32. The van der Waals surface area contributed by atoms with Gasteiger partial charge < -0.3 is 10.6 Å². The van der Waals surface area contributed by atoms with Gasteiger partial charge in [0.15, 0.2) is 0 Å². The zero-order valence-corrected chi connectivity index (χ0v) is 13.7. The second kappa shape index (κ2) is 7.10. The molecule has 8 heteroatoms. The smallest absolute Gasteiger partial charge is 0.273 e. The van der Waals surface area contributed by atoms with Gasteiger partial charge in [0.05, 0.1) is 15.6 Å². The van der Waals surface area contributed by atoms with Crippen LogP contribution in [0.15, 0.2) is 36.4 Å². The van der Waals surface area contributed by atoms with E-state index in [0.717, 1.165) is 0 Å². The van der Waals surface area contributed by atoms with Gasteiger partial charge in [-0.05, 0) is 31.2 Å². The van der Waals surface area contributed by atoms with Crippen LogP contribution in [0.4, 0.5) is 17.1 Å². The van der Waals surface area contributed by atoms with Crippen LogP contribution in [0.5, 0.6) is 0 Å². The summed E-state index contributed by atoms with van der Waals surface area (Å²) in [6.45, 7) is 2.86. The fraction of sp³-hybridized carbons (Fsp3) is 0.125. The minimum Gasteiger partial charge on any atom is -0.326 e. The number of hydrogen-bond acceptors (Lipinski definition) is 4. The normalized spacial score (nSPS) is 10.1. The monoisotopic (exact) mass is 347 g/mol. The number of hydrogen-bond donors (Lipinski definition) is 2. The van der Waals surface area contributed by atoms with Gasteiger partial charge in [0.1, 0.15) is 0 Å². The van der Waals surface area contributed by atoms with Crippen molar-refractivity contribution in [1.82, 2.24) is 0 Å². The highest BCUT2D eigenvalue weighted by Crippen LogP contribution is 2.27. The highest BCUT2D eigenvalue weighted by molar-refractivity contribution is 6.34. The fourth-order valence-electron chi connectivity index (χ4n) is 2.16. The Kier molecular flexibility index (Phi) is 5.15. The van der Waals surface area contributed by atoms with Crippen molar-refractivity contribution >= 4 is 40.5 Å². The number of benzene rings is 2. The Morgan fingerprint density at radius 1 is 1.17 bits per heavy atom. The van der Waals surface area contributed by atoms with Gasteiger partial charge in [0.2, 0.25) is 5.91 Å². The molecule has 0 radical (unpaired) electrons. The minimum absolute atomic E-state index is 0.138. The summed E-state index contributed by atoms with van der Waals surface area (Å²) < 4.78 is 0. The molecule has 2 aromatic rings. The average Bonchev–Trinajstić information content (AvgIpc) is 2.49. The molecular formula is C16H14ClN3O4. The van der Waals surface area contributed by atoms with Crippen LogP contribution in [-0.4, -0.2) is 16.7 Å². The molecule has 0 saturated carbocycles. The Morgan fingerprint density at radius 3 is 2.50 bits per heavy atom. The van der Waals surface area contributed by atoms with Crippen LogP contribution in [0.25, 0.3) is 0 Å². The van der Waals surface area contributed by atoms with Crippen molar-refractivity contribution in [3.05, 3.63) is 62.7 Å². The van der Waals surface area contributed by atoms with E-state index >= 15 is 0 Å². The van der Waals surface area contributed by atoms with Crippen molar-refractivity contribution in [1.29, 1.82) is 0 Å². The molecular weight excluding hydrogens is 334 g/mol. The van der Waals surface area contributed by atoms with E-state index in [-0.39, 0.29) is 27.7 Å². The summed E-state index contributed by atoms with van der Waals surface area (Å²) in [5, 5.41) is 16.4. The highest BCUT2D eigenvalue weighted by Gasteiger charge is 2.18. The number of nitro benzene ring substituents is 1. The van der Waals surface area contributed by atoms with Crippen molar-refractivity contribution in [2.24, 2.45) is 0 Å². The molecule has 2 amide bonds. The Labute approximate surface area is 142 Å². The Bertz CT molecular complexity index is 836. The van der Waals surface area contributed by atoms with Gasteiger partial charge in [-0.1, -0.05) is 17.7 Å². The highest BCUT2D eigenvalue weighted by atomic mass is 35.5. The number of nitro groups is 1. The number of nitrogens with one attached hydrogen (secondary N) is 2.